The van der Waals surface area contributed by atoms with Gasteiger partial charge in [-0.05, 0) is 31.0 Å². The van der Waals surface area contributed by atoms with Crippen molar-refractivity contribution >= 4 is 11.6 Å². The molecule has 0 aliphatic carbocycles. The van der Waals surface area contributed by atoms with E-state index in [0.29, 0.717) is 11.4 Å². The third-order valence-corrected chi connectivity index (χ3v) is 2.65. The van der Waals surface area contributed by atoms with Crippen LogP contribution >= 0.6 is 11.6 Å². The van der Waals surface area contributed by atoms with Gasteiger partial charge in [0.15, 0.2) is 0 Å². The molecule has 89 valence electrons. The normalized spacial score (nSPS) is 11.1. The van der Waals surface area contributed by atoms with Crippen LogP contribution in [0.1, 0.15) is 32.3 Å². The molecule has 0 spiro atoms. The Labute approximate surface area is 102 Å². The zero-order valence-corrected chi connectivity index (χ0v) is 10.5. The molecule has 0 aliphatic rings. The van der Waals surface area contributed by atoms with Crippen LogP contribution in [0.5, 0.6) is 0 Å². The van der Waals surface area contributed by atoms with Gasteiger partial charge >= 0.3 is 0 Å². The van der Waals surface area contributed by atoms with Crippen LogP contribution in [0.4, 0.5) is 4.39 Å². The molecule has 0 aliphatic heterocycles. The Morgan fingerprint density at radius 2 is 2.19 bits per heavy atom. The Bertz CT molecular complexity index is 328. The summed E-state index contributed by atoms with van der Waals surface area (Å²) in [6, 6.07) is 4.45. The van der Waals surface area contributed by atoms with Crippen LogP contribution < -0.4 is 0 Å². The predicted molar refractivity (Wildman–Crippen MR) is 64.9 cm³/mol. The quantitative estimate of drug-likeness (QED) is 0.674. The SMILES string of the molecule is CCCCO[C](C)Cc1ccc(F)cc1Cl. The van der Waals surface area contributed by atoms with Crippen molar-refractivity contribution < 1.29 is 9.13 Å². The zero-order chi connectivity index (χ0) is 12.0. The summed E-state index contributed by atoms with van der Waals surface area (Å²) in [4.78, 5) is 0. The third kappa shape index (κ3) is 4.50. The molecule has 0 amide bonds. The highest BCUT2D eigenvalue weighted by atomic mass is 35.5. The predicted octanol–water partition coefficient (Wildman–Crippen LogP) is 4.39. The van der Waals surface area contributed by atoms with Crippen molar-refractivity contribution in [3.05, 3.63) is 40.7 Å². The Morgan fingerprint density at radius 1 is 1.44 bits per heavy atom. The van der Waals surface area contributed by atoms with E-state index in [1.807, 2.05) is 6.92 Å². The summed E-state index contributed by atoms with van der Waals surface area (Å²) < 4.78 is 18.3. The molecule has 1 radical (unpaired) electrons. The van der Waals surface area contributed by atoms with Gasteiger partial charge in [-0.1, -0.05) is 31.0 Å². The third-order valence-electron chi connectivity index (χ3n) is 2.30. The minimum atomic E-state index is -0.307. The van der Waals surface area contributed by atoms with Gasteiger partial charge < -0.3 is 4.74 Å². The van der Waals surface area contributed by atoms with Crippen molar-refractivity contribution in [3.8, 4) is 0 Å². The molecule has 0 saturated carbocycles. The molecule has 0 unspecified atom stereocenters. The van der Waals surface area contributed by atoms with E-state index in [0.717, 1.165) is 31.1 Å². The van der Waals surface area contributed by atoms with Gasteiger partial charge in [-0.15, -0.1) is 0 Å². The van der Waals surface area contributed by atoms with Gasteiger partial charge in [-0.25, -0.2) is 4.39 Å². The van der Waals surface area contributed by atoms with Gasteiger partial charge in [0.1, 0.15) is 5.82 Å². The second kappa shape index (κ2) is 6.87. The minimum absolute atomic E-state index is 0.307. The van der Waals surface area contributed by atoms with Crippen molar-refractivity contribution in [1.82, 2.24) is 0 Å². The van der Waals surface area contributed by atoms with Crippen molar-refractivity contribution in [2.24, 2.45) is 0 Å². The lowest BCUT2D eigenvalue weighted by Gasteiger charge is -2.12. The maximum atomic E-state index is 12.8. The molecule has 1 nitrogen and oxygen atoms in total. The van der Waals surface area contributed by atoms with E-state index in [9.17, 15) is 4.39 Å². The highest BCUT2D eigenvalue weighted by molar-refractivity contribution is 6.31. The van der Waals surface area contributed by atoms with Crippen LogP contribution in [0.2, 0.25) is 5.02 Å². The molecule has 0 heterocycles. The Kier molecular flexibility index (Phi) is 5.78. The number of hydrogen-bond donors (Lipinski definition) is 0. The highest BCUT2D eigenvalue weighted by Gasteiger charge is 2.08. The molecule has 1 aromatic rings. The topological polar surface area (TPSA) is 9.23 Å². The van der Waals surface area contributed by atoms with Crippen LogP contribution in [-0.4, -0.2) is 6.61 Å². The van der Waals surface area contributed by atoms with Gasteiger partial charge in [-0.2, -0.15) is 0 Å². The van der Waals surface area contributed by atoms with E-state index >= 15 is 0 Å². The van der Waals surface area contributed by atoms with Gasteiger partial charge in [0, 0.05) is 18.1 Å². The molecule has 0 fully saturated rings. The highest BCUT2D eigenvalue weighted by Crippen LogP contribution is 2.21. The minimum Gasteiger partial charge on any atom is -0.372 e. The summed E-state index contributed by atoms with van der Waals surface area (Å²) in [6.45, 7) is 4.78. The molecule has 1 aromatic carbocycles. The van der Waals surface area contributed by atoms with E-state index in [2.05, 4.69) is 6.92 Å². The number of rotatable bonds is 6. The van der Waals surface area contributed by atoms with Crippen LogP contribution in [0, 0.1) is 11.9 Å². The fourth-order valence-corrected chi connectivity index (χ4v) is 1.61. The van der Waals surface area contributed by atoms with Gasteiger partial charge in [0.25, 0.3) is 0 Å². The molecule has 0 N–H and O–H groups in total. The lowest BCUT2D eigenvalue weighted by molar-refractivity contribution is 0.143. The van der Waals surface area contributed by atoms with E-state index in [1.165, 1.54) is 12.1 Å². The summed E-state index contributed by atoms with van der Waals surface area (Å²) in [5, 5.41) is 0.457. The summed E-state index contributed by atoms with van der Waals surface area (Å²) in [7, 11) is 0. The summed E-state index contributed by atoms with van der Waals surface area (Å²) >= 11 is 5.93. The fourth-order valence-electron chi connectivity index (χ4n) is 1.38. The number of halogens is 2. The maximum absolute atomic E-state index is 12.8. The molecule has 0 atom stereocenters. The summed E-state index contributed by atoms with van der Waals surface area (Å²) in [5.74, 6) is -0.307. The first kappa shape index (κ1) is 13.5. The molecule has 16 heavy (non-hydrogen) atoms. The monoisotopic (exact) mass is 243 g/mol. The summed E-state index contributed by atoms with van der Waals surface area (Å²) in [5.41, 5.74) is 0.900. The van der Waals surface area contributed by atoms with Gasteiger partial charge in [0.05, 0.1) is 6.10 Å². The largest absolute Gasteiger partial charge is 0.372 e. The van der Waals surface area contributed by atoms with E-state index < -0.39 is 0 Å². The lowest BCUT2D eigenvalue weighted by atomic mass is 10.1. The lowest BCUT2D eigenvalue weighted by Crippen LogP contribution is -2.04. The molecular weight excluding hydrogens is 227 g/mol. The number of ether oxygens (including phenoxy) is 1. The molecule has 1 rings (SSSR count). The molecular formula is C13H17ClFO. The van der Waals surface area contributed by atoms with Crippen LogP contribution in [0.15, 0.2) is 18.2 Å². The number of benzene rings is 1. The Balaban J connectivity index is 2.46. The smallest absolute Gasteiger partial charge is 0.124 e. The van der Waals surface area contributed by atoms with E-state index in [-0.39, 0.29) is 5.82 Å². The standard InChI is InChI=1S/C13H17ClFO/c1-3-4-7-16-10(2)8-11-5-6-12(15)9-13(11)14/h5-6,9H,3-4,7-8H2,1-2H3. The first-order valence-electron chi connectivity index (χ1n) is 5.52. The van der Waals surface area contributed by atoms with Gasteiger partial charge in [0.2, 0.25) is 0 Å². The maximum Gasteiger partial charge on any atom is 0.124 e. The van der Waals surface area contributed by atoms with Crippen LogP contribution in [0.25, 0.3) is 0 Å². The Morgan fingerprint density at radius 3 is 2.81 bits per heavy atom. The van der Waals surface area contributed by atoms with E-state index in [4.69, 9.17) is 16.3 Å². The van der Waals surface area contributed by atoms with Crippen LogP contribution in [-0.2, 0) is 11.2 Å². The van der Waals surface area contributed by atoms with Crippen molar-refractivity contribution in [3.63, 3.8) is 0 Å². The average molecular weight is 244 g/mol. The fraction of sp³-hybridized carbons (Fsp3) is 0.462. The molecule has 0 bridgehead atoms. The Hall–Kier alpha value is -0.600. The first-order chi connectivity index (χ1) is 7.63. The van der Waals surface area contributed by atoms with Crippen molar-refractivity contribution in [1.29, 1.82) is 0 Å². The number of hydrogen-bond acceptors (Lipinski definition) is 1. The van der Waals surface area contributed by atoms with E-state index in [1.54, 1.807) is 6.07 Å². The molecule has 0 aromatic heterocycles. The summed E-state index contributed by atoms with van der Waals surface area (Å²) in [6.07, 6.45) is 3.73. The van der Waals surface area contributed by atoms with Crippen molar-refractivity contribution in [2.45, 2.75) is 33.1 Å². The number of unbranched alkanes of at least 4 members (excludes halogenated alkanes) is 1. The first-order valence-corrected chi connectivity index (χ1v) is 5.90. The average Bonchev–Trinajstić information content (AvgIpc) is 2.23. The second-order valence-electron chi connectivity index (χ2n) is 3.82. The molecule has 0 saturated heterocycles. The van der Waals surface area contributed by atoms with Crippen molar-refractivity contribution in [2.75, 3.05) is 6.61 Å². The van der Waals surface area contributed by atoms with Gasteiger partial charge in [-0.3, -0.25) is 0 Å². The van der Waals surface area contributed by atoms with Crippen LogP contribution in [0.3, 0.4) is 0 Å². The second-order valence-corrected chi connectivity index (χ2v) is 4.22. The molecule has 3 heteroatoms. The zero-order valence-electron chi connectivity index (χ0n) is 9.72.